The Hall–Kier alpha value is -2.53. The summed E-state index contributed by atoms with van der Waals surface area (Å²) in [5.74, 6) is -0.0831. The van der Waals surface area contributed by atoms with Crippen molar-refractivity contribution in [2.45, 2.75) is 20.3 Å². The molecule has 0 aliphatic carbocycles. The van der Waals surface area contributed by atoms with Crippen LogP contribution >= 0.6 is 11.6 Å². The van der Waals surface area contributed by atoms with Gasteiger partial charge in [0.25, 0.3) is 0 Å². The first-order valence-corrected chi connectivity index (χ1v) is 8.78. The molecule has 2 amide bonds. The van der Waals surface area contributed by atoms with Gasteiger partial charge in [0, 0.05) is 24.3 Å². The van der Waals surface area contributed by atoms with Crippen LogP contribution in [0.1, 0.15) is 17.5 Å². The summed E-state index contributed by atoms with van der Waals surface area (Å²) in [7, 11) is 1.53. The maximum Gasteiger partial charge on any atom is 0.229 e. The number of nitrogens with zero attached hydrogens (tertiary/aromatic N) is 1. The van der Waals surface area contributed by atoms with E-state index in [9.17, 15) is 9.59 Å². The van der Waals surface area contributed by atoms with Crippen molar-refractivity contribution < 1.29 is 14.3 Å². The van der Waals surface area contributed by atoms with E-state index in [0.717, 1.165) is 16.8 Å². The average molecular weight is 373 g/mol. The van der Waals surface area contributed by atoms with Crippen LogP contribution in [0.2, 0.25) is 5.02 Å². The molecule has 2 aromatic rings. The Morgan fingerprint density at radius 3 is 2.50 bits per heavy atom. The van der Waals surface area contributed by atoms with Gasteiger partial charge in [0.2, 0.25) is 11.8 Å². The molecule has 1 heterocycles. The lowest BCUT2D eigenvalue weighted by molar-refractivity contribution is -0.122. The molecule has 0 saturated carbocycles. The average Bonchev–Trinajstić information content (AvgIpc) is 2.96. The van der Waals surface area contributed by atoms with Gasteiger partial charge in [-0.3, -0.25) is 9.59 Å². The number of amides is 2. The van der Waals surface area contributed by atoms with Crippen LogP contribution in [0, 0.1) is 19.8 Å². The number of carbonyl (C=O) groups excluding carboxylic acids is 2. The van der Waals surface area contributed by atoms with Crippen molar-refractivity contribution in [1.82, 2.24) is 0 Å². The minimum absolute atomic E-state index is 0.0390. The number of rotatable bonds is 4. The second-order valence-corrected chi connectivity index (χ2v) is 7.00. The van der Waals surface area contributed by atoms with Crippen LogP contribution in [0.3, 0.4) is 0 Å². The SMILES string of the molecule is COc1ccc(NC(=O)C2CC(=O)N(c3cc(C)cc(C)c3)C2)cc1Cl. The Bertz CT molecular complexity index is 846. The number of hydrogen-bond donors (Lipinski definition) is 1. The molecule has 26 heavy (non-hydrogen) atoms. The van der Waals surface area contributed by atoms with E-state index in [-0.39, 0.29) is 18.2 Å². The molecule has 3 rings (SSSR count). The van der Waals surface area contributed by atoms with Crippen molar-refractivity contribution >= 4 is 34.8 Å². The summed E-state index contributed by atoms with van der Waals surface area (Å²) in [6.45, 7) is 4.36. The molecule has 136 valence electrons. The van der Waals surface area contributed by atoms with E-state index in [1.807, 2.05) is 26.0 Å². The first-order chi connectivity index (χ1) is 12.4. The smallest absolute Gasteiger partial charge is 0.229 e. The molecule has 1 atom stereocenters. The summed E-state index contributed by atoms with van der Waals surface area (Å²) < 4.78 is 5.11. The molecule has 1 fully saturated rings. The number of aryl methyl sites for hydroxylation is 2. The number of anilines is 2. The largest absolute Gasteiger partial charge is 0.495 e. The first kappa shape index (κ1) is 18.3. The van der Waals surface area contributed by atoms with Gasteiger partial charge in [-0.25, -0.2) is 0 Å². The van der Waals surface area contributed by atoms with E-state index in [0.29, 0.717) is 23.0 Å². The normalized spacial score (nSPS) is 16.7. The van der Waals surface area contributed by atoms with Crippen molar-refractivity contribution in [3.63, 3.8) is 0 Å². The molecule has 0 bridgehead atoms. The Morgan fingerprint density at radius 2 is 1.88 bits per heavy atom. The van der Waals surface area contributed by atoms with Crippen LogP contribution in [-0.2, 0) is 9.59 Å². The lowest BCUT2D eigenvalue weighted by Crippen LogP contribution is -2.28. The summed E-state index contributed by atoms with van der Waals surface area (Å²) in [6, 6.07) is 11.0. The first-order valence-electron chi connectivity index (χ1n) is 8.40. The molecule has 1 N–H and O–H groups in total. The van der Waals surface area contributed by atoms with E-state index in [1.165, 1.54) is 7.11 Å². The fourth-order valence-electron chi connectivity index (χ4n) is 3.23. The quantitative estimate of drug-likeness (QED) is 0.883. The number of ether oxygens (including phenoxy) is 1. The molecule has 2 aromatic carbocycles. The summed E-state index contributed by atoms with van der Waals surface area (Å²) in [6.07, 6.45) is 0.197. The molecule has 0 spiro atoms. The fraction of sp³-hybridized carbons (Fsp3) is 0.300. The van der Waals surface area contributed by atoms with Crippen LogP contribution in [0.4, 0.5) is 11.4 Å². The van der Waals surface area contributed by atoms with E-state index in [4.69, 9.17) is 16.3 Å². The number of hydrogen-bond acceptors (Lipinski definition) is 3. The maximum atomic E-state index is 12.6. The molecule has 0 aromatic heterocycles. The van der Waals surface area contributed by atoms with Gasteiger partial charge in [-0.05, 0) is 55.3 Å². The van der Waals surface area contributed by atoms with Gasteiger partial charge in [0.05, 0.1) is 18.1 Å². The van der Waals surface area contributed by atoms with Crippen LogP contribution in [-0.4, -0.2) is 25.5 Å². The Balaban J connectivity index is 1.71. The van der Waals surface area contributed by atoms with Gasteiger partial charge in [0.15, 0.2) is 0 Å². The highest BCUT2D eigenvalue weighted by atomic mass is 35.5. The molecule has 1 saturated heterocycles. The number of methoxy groups -OCH3 is 1. The standard InChI is InChI=1S/C20H21ClN2O3/c1-12-6-13(2)8-16(7-12)23-11-14(9-19(23)24)20(25)22-15-4-5-18(26-3)17(21)10-15/h4-8,10,14H,9,11H2,1-3H3,(H,22,25). The summed E-state index contributed by atoms with van der Waals surface area (Å²) in [5.41, 5.74) is 3.61. The summed E-state index contributed by atoms with van der Waals surface area (Å²) in [4.78, 5) is 26.7. The van der Waals surface area contributed by atoms with Crippen LogP contribution in [0.5, 0.6) is 5.75 Å². The van der Waals surface area contributed by atoms with Crippen molar-refractivity contribution in [2.75, 3.05) is 23.9 Å². The third-order valence-corrected chi connectivity index (χ3v) is 4.73. The van der Waals surface area contributed by atoms with Gasteiger partial charge in [-0.2, -0.15) is 0 Å². The van der Waals surface area contributed by atoms with Gasteiger partial charge in [-0.15, -0.1) is 0 Å². The predicted octanol–water partition coefficient (Wildman–Crippen LogP) is 3.96. The highest BCUT2D eigenvalue weighted by Gasteiger charge is 2.35. The zero-order chi connectivity index (χ0) is 18.8. The minimum Gasteiger partial charge on any atom is -0.495 e. The zero-order valence-corrected chi connectivity index (χ0v) is 15.8. The van der Waals surface area contributed by atoms with E-state index in [1.54, 1.807) is 23.1 Å². The third kappa shape index (κ3) is 3.83. The molecule has 1 aliphatic rings. The summed E-state index contributed by atoms with van der Waals surface area (Å²) >= 11 is 6.09. The molecule has 1 unspecified atom stereocenters. The second-order valence-electron chi connectivity index (χ2n) is 6.59. The number of halogens is 1. The van der Waals surface area contributed by atoms with Gasteiger partial charge in [-0.1, -0.05) is 17.7 Å². The molecule has 0 radical (unpaired) electrons. The lowest BCUT2D eigenvalue weighted by Gasteiger charge is -2.18. The maximum absolute atomic E-state index is 12.6. The lowest BCUT2D eigenvalue weighted by atomic mass is 10.1. The topological polar surface area (TPSA) is 58.6 Å². The highest BCUT2D eigenvalue weighted by molar-refractivity contribution is 6.32. The Morgan fingerprint density at radius 1 is 1.19 bits per heavy atom. The zero-order valence-electron chi connectivity index (χ0n) is 15.0. The minimum atomic E-state index is -0.399. The van der Waals surface area contributed by atoms with Crippen LogP contribution in [0.15, 0.2) is 36.4 Å². The van der Waals surface area contributed by atoms with E-state index in [2.05, 4.69) is 11.4 Å². The van der Waals surface area contributed by atoms with Gasteiger partial charge in [0.1, 0.15) is 5.75 Å². The molecular formula is C20H21ClN2O3. The number of carbonyl (C=O) groups is 2. The van der Waals surface area contributed by atoms with E-state index < -0.39 is 5.92 Å². The molecule has 5 nitrogen and oxygen atoms in total. The summed E-state index contributed by atoms with van der Waals surface area (Å²) in [5, 5.41) is 3.25. The molecular weight excluding hydrogens is 352 g/mol. The van der Waals surface area contributed by atoms with Gasteiger partial charge < -0.3 is 15.0 Å². The van der Waals surface area contributed by atoms with Crippen molar-refractivity contribution in [2.24, 2.45) is 5.92 Å². The van der Waals surface area contributed by atoms with Crippen LogP contribution in [0.25, 0.3) is 0 Å². The molecule has 6 heteroatoms. The van der Waals surface area contributed by atoms with E-state index >= 15 is 0 Å². The Labute approximate surface area is 157 Å². The number of benzene rings is 2. The van der Waals surface area contributed by atoms with Crippen LogP contribution < -0.4 is 15.0 Å². The monoisotopic (exact) mass is 372 g/mol. The third-order valence-electron chi connectivity index (χ3n) is 4.43. The van der Waals surface area contributed by atoms with Crippen molar-refractivity contribution in [1.29, 1.82) is 0 Å². The molecule has 1 aliphatic heterocycles. The highest BCUT2D eigenvalue weighted by Crippen LogP contribution is 2.30. The predicted molar refractivity (Wildman–Crippen MR) is 103 cm³/mol. The van der Waals surface area contributed by atoms with Crippen molar-refractivity contribution in [3.8, 4) is 5.75 Å². The Kier molecular flexibility index (Phi) is 5.18. The second kappa shape index (κ2) is 7.38. The van der Waals surface area contributed by atoms with Gasteiger partial charge >= 0.3 is 0 Å². The fourth-order valence-corrected chi connectivity index (χ4v) is 3.49. The number of nitrogens with one attached hydrogen (secondary N) is 1. The van der Waals surface area contributed by atoms with Crippen molar-refractivity contribution in [3.05, 3.63) is 52.5 Å².